The number of hydrogen-bond acceptors (Lipinski definition) is 2. The van der Waals surface area contributed by atoms with E-state index in [9.17, 15) is 0 Å². The number of ether oxygens (including phenoxy) is 2. The number of aryl methyl sites for hydroxylation is 2. The van der Waals surface area contributed by atoms with Gasteiger partial charge in [0.05, 0.1) is 13.7 Å². The molecule has 4 rings (SSSR count). The summed E-state index contributed by atoms with van der Waals surface area (Å²) in [7, 11) is 1.71. The van der Waals surface area contributed by atoms with Crippen LogP contribution in [0.15, 0.2) is 60.7 Å². The average molecular weight is 358 g/mol. The van der Waals surface area contributed by atoms with Crippen LogP contribution in [-0.2, 0) is 0 Å². The Kier molecular flexibility index (Phi) is 4.65. The maximum atomic E-state index is 6.30. The molecule has 3 aromatic carbocycles. The van der Waals surface area contributed by atoms with Gasteiger partial charge < -0.3 is 9.47 Å². The summed E-state index contributed by atoms with van der Waals surface area (Å²) in [5, 5.41) is 0. The van der Waals surface area contributed by atoms with Crippen molar-refractivity contribution in [2.24, 2.45) is 0 Å². The van der Waals surface area contributed by atoms with E-state index >= 15 is 0 Å². The summed E-state index contributed by atoms with van der Waals surface area (Å²) in [6.45, 7) is 7.12. The van der Waals surface area contributed by atoms with Crippen LogP contribution in [-0.4, -0.2) is 13.7 Å². The third-order valence-electron chi connectivity index (χ3n) is 5.83. The molecule has 0 bridgehead atoms. The fourth-order valence-corrected chi connectivity index (χ4v) is 4.06. The Balaban J connectivity index is 1.85. The molecule has 0 N–H and O–H groups in total. The van der Waals surface area contributed by atoms with E-state index < -0.39 is 0 Å². The summed E-state index contributed by atoms with van der Waals surface area (Å²) in [6.07, 6.45) is 0. The molecule has 2 unspecified atom stereocenters. The van der Waals surface area contributed by atoms with E-state index in [-0.39, 0.29) is 11.8 Å². The van der Waals surface area contributed by atoms with Gasteiger partial charge in [-0.25, -0.2) is 0 Å². The maximum Gasteiger partial charge on any atom is 0.126 e. The van der Waals surface area contributed by atoms with Crippen LogP contribution >= 0.6 is 0 Å². The van der Waals surface area contributed by atoms with Crippen LogP contribution < -0.4 is 9.47 Å². The Morgan fingerprint density at radius 1 is 0.815 bits per heavy atom. The molecule has 0 saturated carbocycles. The molecule has 27 heavy (non-hydrogen) atoms. The molecule has 0 fully saturated rings. The molecule has 1 aliphatic heterocycles. The first-order chi connectivity index (χ1) is 13.1. The zero-order valence-corrected chi connectivity index (χ0v) is 16.5. The van der Waals surface area contributed by atoms with Crippen LogP contribution in [0.1, 0.15) is 45.2 Å². The summed E-state index contributed by atoms with van der Waals surface area (Å²) in [6, 6.07) is 21.8. The van der Waals surface area contributed by atoms with E-state index in [0.717, 1.165) is 11.5 Å². The van der Waals surface area contributed by atoms with Crippen LogP contribution in [0.3, 0.4) is 0 Å². The molecule has 138 valence electrons. The number of hydrogen-bond donors (Lipinski definition) is 0. The quantitative estimate of drug-likeness (QED) is 0.578. The monoisotopic (exact) mass is 358 g/mol. The summed E-state index contributed by atoms with van der Waals surface area (Å²) in [5.41, 5.74) is 7.70. The van der Waals surface area contributed by atoms with Gasteiger partial charge in [0, 0.05) is 17.4 Å². The van der Waals surface area contributed by atoms with E-state index in [2.05, 4.69) is 81.4 Å². The highest BCUT2D eigenvalue weighted by molar-refractivity contribution is 5.53. The number of rotatable bonds is 3. The van der Waals surface area contributed by atoms with Crippen molar-refractivity contribution >= 4 is 0 Å². The fourth-order valence-electron chi connectivity index (χ4n) is 4.06. The first-order valence-corrected chi connectivity index (χ1v) is 9.52. The van der Waals surface area contributed by atoms with E-state index in [1.165, 1.54) is 33.4 Å². The van der Waals surface area contributed by atoms with Gasteiger partial charge in [-0.05, 0) is 55.2 Å². The molecule has 0 aromatic heterocycles. The first kappa shape index (κ1) is 17.7. The average Bonchev–Trinajstić information content (AvgIpc) is 2.71. The smallest absolute Gasteiger partial charge is 0.126 e. The van der Waals surface area contributed by atoms with Gasteiger partial charge in [0.1, 0.15) is 11.5 Å². The molecular formula is C25H26O2. The standard InChI is InChI=1S/C25H26O2/c1-16-5-8-19(9-6-16)23-15-27-25-18(3)17(2)7-14-22(25)24(23)20-10-12-21(26-4)13-11-20/h5-14,23-24H,15H2,1-4H3. The second-order valence-corrected chi connectivity index (χ2v) is 7.50. The Labute approximate surface area is 161 Å². The lowest BCUT2D eigenvalue weighted by atomic mass is 9.75. The number of fused-ring (bicyclic) bond motifs is 1. The SMILES string of the molecule is COc1ccc(C2c3ccc(C)c(C)c3OCC2c2ccc(C)cc2)cc1. The lowest BCUT2D eigenvalue weighted by molar-refractivity contribution is 0.247. The van der Waals surface area contributed by atoms with Crippen molar-refractivity contribution in [2.45, 2.75) is 32.6 Å². The minimum atomic E-state index is 0.265. The second-order valence-electron chi connectivity index (χ2n) is 7.50. The molecule has 3 aromatic rings. The molecule has 2 nitrogen and oxygen atoms in total. The Morgan fingerprint density at radius 2 is 1.48 bits per heavy atom. The van der Waals surface area contributed by atoms with Gasteiger partial charge in [-0.2, -0.15) is 0 Å². The van der Waals surface area contributed by atoms with E-state index in [0.29, 0.717) is 6.61 Å². The largest absolute Gasteiger partial charge is 0.497 e. The molecule has 0 saturated heterocycles. The van der Waals surface area contributed by atoms with E-state index in [1.54, 1.807) is 7.11 Å². The molecule has 0 spiro atoms. The third kappa shape index (κ3) is 3.21. The third-order valence-corrected chi connectivity index (χ3v) is 5.83. The lowest BCUT2D eigenvalue weighted by Gasteiger charge is -2.35. The zero-order chi connectivity index (χ0) is 19.0. The predicted molar refractivity (Wildman–Crippen MR) is 110 cm³/mol. The highest BCUT2D eigenvalue weighted by atomic mass is 16.5. The molecule has 2 heteroatoms. The summed E-state index contributed by atoms with van der Waals surface area (Å²) >= 11 is 0. The topological polar surface area (TPSA) is 18.5 Å². The van der Waals surface area contributed by atoms with Crippen molar-refractivity contribution in [1.29, 1.82) is 0 Å². The zero-order valence-electron chi connectivity index (χ0n) is 16.5. The summed E-state index contributed by atoms with van der Waals surface area (Å²) in [4.78, 5) is 0. The highest BCUT2D eigenvalue weighted by Gasteiger charge is 2.34. The lowest BCUT2D eigenvalue weighted by Crippen LogP contribution is -2.26. The molecule has 0 radical (unpaired) electrons. The molecule has 2 atom stereocenters. The van der Waals surface area contributed by atoms with Crippen LogP contribution in [0.25, 0.3) is 0 Å². The maximum absolute atomic E-state index is 6.30. The van der Waals surface area contributed by atoms with E-state index in [1.807, 2.05) is 0 Å². The normalized spacial score (nSPS) is 18.5. The van der Waals surface area contributed by atoms with Crippen molar-refractivity contribution in [1.82, 2.24) is 0 Å². The van der Waals surface area contributed by atoms with Gasteiger partial charge in [-0.3, -0.25) is 0 Å². The van der Waals surface area contributed by atoms with Crippen molar-refractivity contribution in [3.05, 3.63) is 94.0 Å². The van der Waals surface area contributed by atoms with Gasteiger partial charge in [0.2, 0.25) is 0 Å². The molecular weight excluding hydrogens is 332 g/mol. The second kappa shape index (κ2) is 7.11. The number of benzene rings is 3. The Hall–Kier alpha value is -2.74. The van der Waals surface area contributed by atoms with Gasteiger partial charge in [-0.1, -0.05) is 54.1 Å². The van der Waals surface area contributed by atoms with E-state index in [4.69, 9.17) is 9.47 Å². The van der Waals surface area contributed by atoms with Crippen LogP contribution in [0.5, 0.6) is 11.5 Å². The molecule has 0 amide bonds. The summed E-state index contributed by atoms with van der Waals surface area (Å²) in [5.74, 6) is 2.49. The van der Waals surface area contributed by atoms with Gasteiger partial charge in [0.25, 0.3) is 0 Å². The van der Waals surface area contributed by atoms with Crippen LogP contribution in [0.2, 0.25) is 0 Å². The van der Waals surface area contributed by atoms with Crippen molar-refractivity contribution in [3.8, 4) is 11.5 Å². The predicted octanol–water partition coefficient (Wildman–Crippen LogP) is 5.93. The van der Waals surface area contributed by atoms with Crippen molar-refractivity contribution < 1.29 is 9.47 Å². The highest BCUT2D eigenvalue weighted by Crippen LogP contribution is 2.47. The Bertz CT molecular complexity index is 939. The van der Waals surface area contributed by atoms with Gasteiger partial charge >= 0.3 is 0 Å². The minimum absolute atomic E-state index is 0.265. The molecule has 1 heterocycles. The fraction of sp³-hybridized carbons (Fsp3) is 0.280. The number of methoxy groups -OCH3 is 1. The first-order valence-electron chi connectivity index (χ1n) is 9.52. The van der Waals surface area contributed by atoms with Gasteiger partial charge in [0.15, 0.2) is 0 Å². The van der Waals surface area contributed by atoms with Crippen molar-refractivity contribution in [3.63, 3.8) is 0 Å². The molecule has 1 aliphatic rings. The Morgan fingerprint density at radius 3 is 2.15 bits per heavy atom. The van der Waals surface area contributed by atoms with Crippen LogP contribution in [0, 0.1) is 20.8 Å². The molecule has 0 aliphatic carbocycles. The summed E-state index contributed by atoms with van der Waals surface area (Å²) < 4.78 is 11.7. The van der Waals surface area contributed by atoms with Gasteiger partial charge in [-0.15, -0.1) is 0 Å². The van der Waals surface area contributed by atoms with Crippen LogP contribution in [0.4, 0.5) is 0 Å². The minimum Gasteiger partial charge on any atom is -0.497 e. The van der Waals surface area contributed by atoms with Crippen molar-refractivity contribution in [2.75, 3.05) is 13.7 Å².